The predicted molar refractivity (Wildman–Crippen MR) is 136 cm³/mol. The molecule has 9 heteroatoms. The lowest BCUT2D eigenvalue weighted by Gasteiger charge is -2.09. The van der Waals surface area contributed by atoms with Crippen molar-refractivity contribution in [2.75, 3.05) is 10.6 Å². The highest BCUT2D eigenvalue weighted by Gasteiger charge is 2.15. The van der Waals surface area contributed by atoms with Crippen LogP contribution in [0.3, 0.4) is 0 Å². The summed E-state index contributed by atoms with van der Waals surface area (Å²) in [6.45, 7) is 2.33. The Bertz CT molecular complexity index is 1350. The van der Waals surface area contributed by atoms with E-state index in [1.807, 2.05) is 72.2 Å². The van der Waals surface area contributed by atoms with Crippen molar-refractivity contribution < 1.29 is 4.79 Å². The Labute approximate surface area is 206 Å². The first-order valence-electron chi connectivity index (χ1n) is 10.2. The molecule has 0 spiro atoms. The highest BCUT2D eigenvalue weighted by atomic mass is 35.5. The van der Waals surface area contributed by atoms with Crippen LogP contribution >= 0.6 is 35.4 Å². The van der Waals surface area contributed by atoms with Gasteiger partial charge < -0.3 is 10.6 Å². The van der Waals surface area contributed by atoms with E-state index in [-0.39, 0.29) is 12.5 Å². The minimum atomic E-state index is -0.210. The van der Waals surface area contributed by atoms with Gasteiger partial charge >= 0.3 is 0 Å². The molecule has 0 saturated heterocycles. The molecule has 0 radical (unpaired) electrons. The Morgan fingerprint density at radius 2 is 1.76 bits per heavy atom. The van der Waals surface area contributed by atoms with E-state index < -0.39 is 0 Å². The van der Waals surface area contributed by atoms with Gasteiger partial charge in [-0.3, -0.25) is 9.36 Å². The van der Waals surface area contributed by atoms with Crippen molar-refractivity contribution in [3.8, 4) is 5.69 Å². The van der Waals surface area contributed by atoms with Crippen molar-refractivity contribution in [2.24, 2.45) is 0 Å². The predicted octanol–water partition coefficient (Wildman–Crippen LogP) is 6.27. The van der Waals surface area contributed by atoms with E-state index in [9.17, 15) is 4.79 Å². The molecule has 4 rings (SSSR count). The van der Waals surface area contributed by atoms with Crippen molar-refractivity contribution in [1.82, 2.24) is 14.3 Å². The Hall–Kier alpha value is -3.13. The van der Waals surface area contributed by atoms with Crippen LogP contribution in [0.25, 0.3) is 5.69 Å². The first kappa shape index (κ1) is 23.0. The second-order valence-corrected chi connectivity index (χ2v) is 8.61. The molecule has 0 aliphatic heterocycles. The largest absolute Gasteiger partial charge is 0.378 e. The highest BCUT2D eigenvalue weighted by molar-refractivity contribution is 7.71. The second kappa shape index (κ2) is 10.2. The van der Waals surface area contributed by atoms with Crippen molar-refractivity contribution in [3.05, 3.63) is 99.0 Å². The molecule has 0 saturated carbocycles. The number of benzene rings is 3. The number of aryl methyl sites for hydroxylation is 1. The minimum Gasteiger partial charge on any atom is -0.378 e. The smallest absolute Gasteiger partial charge is 0.246 e. The van der Waals surface area contributed by atoms with E-state index in [4.69, 9.17) is 35.4 Å². The zero-order valence-electron chi connectivity index (χ0n) is 17.8. The van der Waals surface area contributed by atoms with Crippen molar-refractivity contribution in [1.29, 1.82) is 0 Å². The van der Waals surface area contributed by atoms with Crippen LogP contribution in [-0.4, -0.2) is 20.3 Å². The maximum absolute atomic E-state index is 12.7. The molecule has 4 aromatic rings. The second-order valence-electron chi connectivity index (χ2n) is 7.43. The molecule has 3 aromatic carbocycles. The third kappa shape index (κ3) is 5.63. The highest BCUT2D eigenvalue weighted by Crippen LogP contribution is 2.25. The molecule has 0 aliphatic rings. The summed E-state index contributed by atoms with van der Waals surface area (Å²) in [4.78, 5) is 12.7. The molecule has 0 fully saturated rings. The SMILES string of the molecule is Cc1cccc(NC(=O)Cn2nc(CNc3ccc(Cl)c(Cl)c3)n(-c3ccccc3)c2=S)c1. The summed E-state index contributed by atoms with van der Waals surface area (Å²) in [6, 6.07) is 22.6. The van der Waals surface area contributed by atoms with Crippen LogP contribution in [0.1, 0.15) is 11.4 Å². The van der Waals surface area contributed by atoms with Crippen LogP contribution < -0.4 is 10.6 Å². The summed E-state index contributed by atoms with van der Waals surface area (Å²) in [5, 5.41) is 11.8. The average molecular weight is 498 g/mol. The number of anilines is 2. The van der Waals surface area contributed by atoms with Gasteiger partial charge in [0.1, 0.15) is 6.54 Å². The van der Waals surface area contributed by atoms with E-state index in [1.54, 1.807) is 12.1 Å². The van der Waals surface area contributed by atoms with Crippen LogP contribution in [0, 0.1) is 11.7 Å². The number of halogens is 2. The monoisotopic (exact) mass is 497 g/mol. The topological polar surface area (TPSA) is 63.9 Å². The summed E-state index contributed by atoms with van der Waals surface area (Å²) in [7, 11) is 0. The van der Waals surface area contributed by atoms with Gasteiger partial charge in [-0.1, -0.05) is 53.5 Å². The number of hydrogen-bond donors (Lipinski definition) is 2. The summed E-state index contributed by atoms with van der Waals surface area (Å²) in [5.74, 6) is 0.444. The van der Waals surface area contributed by atoms with Gasteiger partial charge in [-0.25, -0.2) is 4.68 Å². The molecule has 2 N–H and O–H groups in total. The molecular weight excluding hydrogens is 477 g/mol. The Morgan fingerprint density at radius 3 is 2.48 bits per heavy atom. The first-order valence-corrected chi connectivity index (χ1v) is 11.4. The molecule has 0 unspecified atom stereocenters. The summed E-state index contributed by atoms with van der Waals surface area (Å²) in [5.41, 5.74) is 3.45. The van der Waals surface area contributed by atoms with Crippen molar-refractivity contribution >= 4 is 52.7 Å². The molecule has 168 valence electrons. The van der Waals surface area contributed by atoms with Crippen molar-refractivity contribution in [3.63, 3.8) is 0 Å². The Morgan fingerprint density at radius 1 is 0.970 bits per heavy atom. The summed E-state index contributed by atoms with van der Waals surface area (Å²) < 4.78 is 3.80. The van der Waals surface area contributed by atoms with Gasteiger partial charge in [0.2, 0.25) is 10.7 Å². The zero-order valence-corrected chi connectivity index (χ0v) is 20.1. The van der Waals surface area contributed by atoms with Crippen LogP contribution in [-0.2, 0) is 17.9 Å². The molecule has 0 atom stereocenters. The number of nitrogens with zero attached hydrogens (tertiary/aromatic N) is 3. The number of carbonyl (C=O) groups is 1. The maximum atomic E-state index is 12.7. The van der Waals surface area contributed by atoms with Crippen molar-refractivity contribution in [2.45, 2.75) is 20.0 Å². The van der Waals surface area contributed by atoms with Gasteiger partial charge in [-0.2, -0.15) is 5.10 Å². The van der Waals surface area contributed by atoms with Gasteiger partial charge in [-0.05, 0) is 67.2 Å². The number of para-hydroxylation sites is 1. The van der Waals surface area contributed by atoms with E-state index in [0.717, 1.165) is 22.6 Å². The third-order valence-electron chi connectivity index (χ3n) is 4.89. The fourth-order valence-corrected chi connectivity index (χ4v) is 3.97. The standard InChI is InChI=1S/C24H21Cl2N5OS/c1-16-6-5-7-18(12-16)28-23(32)15-30-24(33)31(19-8-3-2-4-9-19)22(29-30)14-27-17-10-11-20(25)21(26)13-17/h2-13,27H,14-15H2,1H3,(H,28,32). The number of nitrogens with one attached hydrogen (secondary N) is 2. The molecule has 1 heterocycles. The van der Waals surface area contributed by atoms with E-state index in [1.165, 1.54) is 4.68 Å². The van der Waals surface area contributed by atoms with Gasteiger partial charge in [0.05, 0.1) is 16.6 Å². The fourth-order valence-electron chi connectivity index (χ4n) is 3.35. The fraction of sp³-hybridized carbons (Fsp3) is 0.125. The Balaban J connectivity index is 1.60. The average Bonchev–Trinajstić information content (AvgIpc) is 3.10. The number of carbonyl (C=O) groups excluding carboxylic acids is 1. The van der Waals surface area contributed by atoms with Crippen LogP contribution in [0.4, 0.5) is 11.4 Å². The van der Waals surface area contributed by atoms with Gasteiger partial charge in [0, 0.05) is 17.1 Å². The van der Waals surface area contributed by atoms with Crippen LogP contribution in [0.2, 0.25) is 10.0 Å². The minimum absolute atomic E-state index is 0.00756. The van der Waals surface area contributed by atoms with Gasteiger partial charge in [0.15, 0.2) is 5.82 Å². The molecule has 0 aliphatic carbocycles. The lowest BCUT2D eigenvalue weighted by Crippen LogP contribution is -2.20. The van der Waals surface area contributed by atoms with Crippen LogP contribution in [0.15, 0.2) is 72.8 Å². The lowest BCUT2D eigenvalue weighted by atomic mass is 10.2. The third-order valence-corrected chi connectivity index (χ3v) is 6.02. The van der Waals surface area contributed by atoms with Gasteiger partial charge in [-0.15, -0.1) is 0 Å². The molecule has 6 nitrogen and oxygen atoms in total. The maximum Gasteiger partial charge on any atom is 0.246 e. The Kier molecular flexibility index (Phi) is 7.13. The van der Waals surface area contributed by atoms with E-state index >= 15 is 0 Å². The normalized spacial score (nSPS) is 10.8. The first-order chi connectivity index (χ1) is 15.9. The molecule has 1 amide bonds. The number of aromatic nitrogens is 3. The van der Waals surface area contributed by atoms with Crippen LogP contribution in [0.5, 0.6) is 0 Å². The number of amides is 1. The number of hydrogen-bond acceptors (Lipinski definition) is 4. The van der Waals surface area contributed by atoms with Gasteiger partial charge in [0.25, 0.3) is 0 Å². The van der Waals surface area contributed by atoms with E-state index in [2.05, 4.69) is 15.7 Å². The number of rotatable bonds is 7. The lowest BCUT2D eigenvalue weighted by molar-refractivity contribution is -0.116. The quantitative estimate of drug-likeness (QED) is 0.295. The molecule has 33 heavy (non-hydrogen) atoms. The molecular formula is C24H21Cl2N5OS. The summed E-state index contributed by atoms with van der Waals surface area (Å²) in [6.07, 6.45) is 0. The zero-order chi connectivity index (χ0) is 23.4. The molecule has 0 bridgehead atoms. The summed E-state index contributed by atoms with van der Waals surface area (Å²) >= 11 is 17.8. The van der Waals surface area contributed by atoms with E-state index in [0.29, 0.717) is 27.2 Å². The molecule has 1 aromatic heterocycles.